The Labute approximate surface area is 204 Å². The van der Waals surface area contributed by atoms with E-state index in [0.717, 1.165) is 16.5 Å². The van der Waals surface area contributed by atoms with Gasteiger partial charge in [0.2, 0.25) is 10.0 Å². The minimum absolute atomic E-state index is 0.136. The number of amides is 1. The van der Waals surface area contributed by atoms with Gasteiger partial charge in [0.15, 0.2) is 0 Å². The largest absolute Gasteiger partial charge is 0.508 e. The Balaban J connectivity index is 1.24. The molecule has 0 aliphatic carbocycles. The minimum Gasteiger partial charge on any atom is -0.508 e. The van der Waals surface area contributed by atoms with Gasteiger partial charge in [-0.3, -0.25) is 4.79 Å². The lowest BCUT2D eigenvalue weighted by atomic mass is 10.1. The van der Waals surface area contributed by atoms with E-state index in [1.165, 1.54) is 12.1 Å². The summed E-state index contributed by atoms with van der Waals surface area (Å²) in [6, 6.07) is 26.4. The van der Waals surface area contributed by atoms with Crippen LogP contribution in [-0.2, 0) is 10.0 Å². The Kier molecular flexibility index (Phi) is 6.15. The highest BCUT2D eigenvalue weighted by atomic mass is 32.2. The number of benzene rings is 4. The van der Waals surface area contributed by atoms with E-state index in [0.29, 0.717) is 42.3 Å². The first-order chi connectivity index (χ1) is 16.9. The van der Waals surface area contributed by atoms with Crippen LogP contribution in [0, 0.1) is 0 Å². The molecule has 0 spiro atoms. The van der Waals surface area contributed by atoms with Crippen LogP contribution in [-0.4, -0.2) is 49.9 Å². The number of rotatable bonds is 5. The highest BCUT2D eigenvalue weighted by molar-refractivity contribution is 7.89. The molecule has 1 aliphatic heterocycles. The van der Waals surface area contributed by atoms with Crippen LogP contribution in [0.2, 0.25) is 0 Å². The molecule has 7 nitrogen and oxygen atoms in total. The molecule has 178 valence electrons. The van der Waals surface area contributed by atoms with Gasteiger partial charge in [0.25, 0.3) is 5.91 Å². The zero-order valence-corrected chi connectivity index (χ0v) is 19.8. The van der Waals surface area contributed by atoms with Gasteiger partial charge in [-0.1, -0.05) is 36.4 Å². The minimum atomic E-state index is -3.61. The van der Waals surface area contributed by atoms with Crippen molar-refractivity contribution >= 4 is 38.1 Å². The molecule has 4 aromatic carbocycles. The zero-order chi connectivity index (χ0) is 24.4. The Bertz CT molecular complexity index is 1460. The van der Waals surface area contributed by atoms with Gasteiger partial charge in [0.1, 0.15) is 5.75 Å². The molecule has 5 rings (SSSR count). The van der Waals surface area contributed by atoms with E-state index in [9.17, 15) is 18.3 Å². The molecule has 0 radical (unpaired) electrons. The molecule has 0 unspecified atom stereocenters. The van der Waals surface area contributed by atoms with Gasteiger partial charge < -0.3 is 15.3 Å². The third-order valence-electron chi connectivity index (χ3n) is 6.23. The Morgan fingerprint density at radius 2 is 1.43 bits per heavy atom. The normalized spacial score (nSPS) is 14.7. The molecule has 1 amide bonds. The molecule has 0 saturated carbocycles. The number of nitrogens with one attached hydrogen (secondary N) is 1. The number of phenolic OH excluding ortho intramolecular Hbond substituents is 1. The monoisotopic (exact) mass is 487 g/mol. The first-order valence-electron chi connectivity index (χ1n) is 11.4. The van der Waals surface area contributed by atoms with Gasteiger partial charge in [-0.15, -0.1) is 0 Å². The van der Waals surface area contributed by atoms with Crippen molar-refractivity contribution in [1.29, 1.82) is 0 Å². The van der Waals surface area contributed by atoms with E-state index >= 15 is 0 Å². The number of hydrogen-bond acceptors (Lipinski definition) is 5. The van der Waals surface area contributed by atoms with Crippen molar-refractivity contribution in [3.05, 3.63) is 96.6 Å². The van der Waals surface area contributed by atoms with E-state index in [1.54, 1.807) is 40.7 Å². The van der Waals surface area contributed by atoms with Crippen molar-refractivity contribution in [2.24, 2.45) is 0 Å². The summed E-state index contributed by atoms with van der Waals surface area (Å²) in [4.78, 5) is 15.0. The summed E-state index contributed by atoms with van der Waals surface area (Å²) < 4.78 is 28.3. The zero-order valence-electron chi connectivity index (χ0n) is 19.0. The Morgan fingerprint density at radius 1 is 0.771 bits per heavy atom. The summed E-state index contributed by atoms with van der Waals surface area (Å²) in [7, 11) is -3.61. The topological polar surface area (TPSA) is 89.9 Å². The fraction of sp³-hybridized carbons (Fsp3) is 0.148. The van der Waals surface area contributed by atoms with Crippen molar-refractivity contribution in [2.45, 2.75) is 4.90 Å². The van der Waals surface area contributed by atoms with Crippen molar-refractivity contribution < 1.29 is 18.3 Å². The quantitative estimate of drug-likeness (QED) is 0.410. The molecule has 1 heterocycles. The number of nitrogens with zero attached hydrogens (tertiary/aromatic N) is 2. The summed E-state index contributed by atoms with van der Waals surface area (Å²) in [6.07, 6.45) is 0. The summed E-state index contributed by atoms with van der Waals surface area (Å²) in [5.74, 6) is -0.106. The number of hydrogen-bond donors (Lipinski definition) is 2. The Morgan fingerprint density at radius 3 is 2.14 bits per heavy atom. The van der Waals surface area contributed by atoms with E-state index in [2.05, 4.69) is 10.2 Å². The molecule has 0 aromatic heterocycles. The maximum absolute atomic E-state index is 13.4. The average Bonchev–Trinajstić information content (AvgIpc) is 2.90. The van der Waals surface area contributed by atoms with E-state index in [4.69, 9.17) is 0 Å². The van der Waals surface area contributed by atoms with Crippen molar-refractivity contribution in [1.82, 2.24) is 4.31 Å². The van der Waals surface area contributed by atoms with Crippen LogP contribution in [0.5, 0.6) is 5.75 Å². The molecule has 1 aliphatic rings. The first-order valence-corrected chi connectivity index (χ1v) is 12.8. The molecule has 1 fully saturated rings. The van der Waals surface area contributed by atoms with Gasteiger partial charge in [-0.2, -0.15) is 4.31 Å². The highest BCUT2D eigenvalue weighted by Crippen LogP contribution is 2.27. The Hall–Kier alpha value is -3.88. The smallest absolute Gasteiger partial charge is 0.255 e. The standard InChI is InChI=1S/C27H25N3O4S/c31-24-14-10-22(11-15-24)28-27(32)21-8-12-23(13-9-21)29-16-18-30(19-17-29)35(33,34)26-7-3-5-20-4-1-2-6-25(20)26/h1-15,31H,16-19H2,(H,28,32). The number of carbonyl (C=O) groups is 1. The predicted molar refractivity (Wildman–Crippen MR) is 137 cm³/mol. The highest BCUT2D eigenvalue weighted by Gasteiger charge is 2.29. The van der Waals surface area contributed by atoms with Gasteiger partial charge in [-0.05, 0) is 60.0 Å². The molecule has 2 N–H and O–H groups in total. The molecule has 0 bridgehead atoms. The number of sulfonamides is 1. The lowest BCUT2D eigenvalue weighted by Gasteiger charge is -2.35. The maximum Gasteiger partial charge on any atom is 0.255 e. The SMILES string of the molecule is O=C(Nc1ccc(O)cc1)c1ccc(N2CCN(S(=O)(=O)c3cccc4ccccc34)CC2)cc1. The fourth-order valence-corrected chi connectivity index (χ4v) is 5.95. The van der Waals surface area contributed by atoms with Crippen LogP contribution in [0.4, 0.5) is 11.4 Å². The second kappa shape index (κ2) is 9.40. The van der Waals surface area contributed by atoms with Crippen LogP contribution in [0.3, 0.4) is 0 Å². The molecular weight excluding hydrogens is 462 g/mol. The van der Waals surface area contributed by atoms with Crippen LogP contribution < -0.4 is 10.2 Å². The third-order valence-corrected chi connectivity index (χ3v) is 8.18. The van der Waals surface area contributed by atoms with E-state index in [1.807, 2.05) is 42.5 Å². The second-order valence-electron chi connectivity index (χ2n) is 8.42. The number of piperazine rings is 1. The van der Waals surface area contributed by atoms with E-state index in [-0.39, 0.29) is 11.7 Å². The summed E-state index contributed by atoms with van der Waals surface area (Å²) >= 11 is 0. The number of fused-ring (bicyclic) bond motifs is 1. The number of aromatic hydroxyl groups is 1. The molecule has 35 heavy (non-hydrogen) atoms. The summed E-state index contributed by atoms with van der Waals surface area (Å²) in [5, 5.41) is 13.8. The van der Waals surface area contributed by atoms with E-state index < -0.39 is 10.0 Å². The fourth-order valence-electron chi connectivity index (χ4n) is 4.32. The molecule has 4 aromatic rings. The third kappa shape index (κ3) is 4.71. The maximum atomic E-state index is 13.4. The van der Waals surface area contributed by atoms with Crippen molar-refractivity contribution in [3.63, 3.8) is 0 Å². The average molecular weight is 488 g/mol. The number of phenols is 1. The predicted octanol–water partition coefficient (Wildman–Crippen LogP) is 4.31. The van der Waals surface area contributed by atoms with Gasteiger partial charge in [0, 0.05) is 48.5 Å². The number of carbonyl (C=O) groups excluding carboxylic acids is 1. The van der Waals surface area contributed by atoms with Gasteiger partial charge in [-0.25, -0.2) is 8.42 Å². The molecule has 8 heteroatoms. The van der Waals surface area contributed by atoms with Crippen LogP contribution in [0.15, 0.2) is 95.9 Å². The van der Waals surface area contributed by atoms with Gasteiger partial charge >= 0.3 is 0 Å². The second-order valence-corrected chi connectivity index (χ2v) is 10.3. The molecular formula is C27H25N3O4S. The molecule has 0 atom stereocenters. The molecule has 1 saturated heterocycles. The summed E-state index contributed by atoms with van der Waals surface area (Å²) in [5.41, 5.74) is 2.05. The van der Waals surface area contributed by atoms with Crippen LogP contribution >= 0.6 is 0 Å². The van der Waals surface area contributed by atoms with Crippen molar-refractivity contribution in [2.75, 3.05) is 36.4 Å². The first kappa shape index (κ1) is 22.9. The van der Waals surface area contributed by atoms with Crippen LogP contribution in [0.1, 0.15) is 10.4 Å². The van der Waals surface area contributed by atoms with Crippen molar-refractivity contribution in [3.8, 4) is 5.75 Å². The lowest BCUT2D eigenvalue weighted by molar-refractivity contribution is 0.102. The van der Waals surface area contributed by atoms with Crippen LogP contribution in [0.25, 0.3) is 10.8 Å². The lowest BCUT2D eigenvalue weighted by Crippen LogP contribution is -2.48. The van der Waals surface area contributed by atoms with Gasteiger partial charge in [0.05, 0.1) is 4.90 Å². The number of anilines is 2. The summed E-state index contributed by atoms with van der Waals surface area (Å²) in [6.45, 7) is 1.88.